The summed E-state index contributed by atoms with van der Waals surface area (Å²) in [6.07, 6.45) is 5.37. The summed E-state index contributed by atoms with van der Waals surface area (Å²) in [4.78, 5) is 27.2. The molecule has 0 radical (unpaired) electrons. The number of hydrogen-bond acceptors (Lipinski definition) is 3. The zero-order chi connectivity index (χ0) is 13.7. The molecule has 0 saturated carbocycles. The molecule has 0 bridgehead atoms. The van der Waals surface area contributed by atoms with Crippen LogP contribution in [-0.4, -0.2) is 54.3 Å². The molecule has 108 valence electrons. The standard InChI is InChI=1S/C14H25N3O2/c15-13(18)5-6-14(19)17-9-3-4-12(11-17)10-16-7-1-2-8-16/h12H,1-11H2,(H2,15,18)/t12-/m0/s1. The van der Waals surface area contributed by atoms with E-state index in [0.717, 1.165) is 26.1 Å². The van der Waals surface area contributed by atoms with Gasteiger partial charge in [0.15, 0.2) is 0 Å². The van der Waals surface area contributed by atoms with Crippen molar-refractivity contribution in [3.63, 3.8) is 0 Å². The molecule has 0 spiro atoms. The van der Waals surface area contributed by atoms with E-state index in [1.165, 1.54) is 32.4 Å². The van der Waals surface area contributed by atoms with Crippen LogP contribution in [0.2, 0.25) is 0 Å². The van der Waals surface area contributed by atoms with Gasteiger partial charge in [-0.2, -0.15) is 0 Å². The number of amides is 2. The number of likely N-dealkylation sites (tertiary alicyclic amines) is 2. The minimum absolute atomic E-state index is 0.0879. The summed E-state index contributed by atoms with van der Waals surface area (Å²) < 4.78 is 0. The molecular weight excluding hydrogens is 242 g/mol. The van der Waals surface area contributed by atoms with Gasteiger partial charge in [0.1, 0.15) is 0 Å². The molecule has 0 aromatic heterocycles. The van der Waals surface area contributed by atoms with Crippen molar-refractivity contribution in [3.05, 3.63) is 0 Å². The topological polar surface area (TPSA) is 66.6 Å². The zero-order valence-electron chi connectivity index (χ0n) is 11.6. The van der Waals surface area contributed by atoms with Crippen LogP contribution in [0, 0.1) is 5.92 Å². The van der Waals surface area contributed by atoms with Gasteiger partial charge in [0.2, 0.25) is 11.8 Å². The Morgan fingerprint density at radius 3 is 2.47 bits per heavy atom. The quantitative estimate of drug-likeness (QED) is 0.792. The Kier molecular flexibility index (Phi) is 5.19. The smallest absolute Gasteiger partial charge is 0.223 e. The van der Waals surface area contributed by atoms with E-state index in [9.17, 15) is 9.59 Å². The van der Waals surface area contributed by atoms with E-state index >= 15 is 0 Å². The van der Waals surface area contributed by atoms with Gasteiger partial charge in [-0.1, -0.05) is 0 Å². The average molecular weight is 267 g/mol. The number of nitrogens with zero attached hydrogens (tertiary/aromatic N) is 2. The molecule has 2 aliphatic heterocycles. The number of nitrogens with two attached hydrogens (primary N) is 1. The summed E-state index contributed by atoms with van der Waals surface area (Å²) in [6, 6.07) is 0. The molecule has 1 atom stereocenters. The van der Waals surface area contributed by atoms with Gasteiger partial charge >= 0.3 is 0 Å². The maximum absolute atomic E-state index is 12.0. The summed E-state index contributed by atoms with van der Waals surface area (Å²) in [7, 11) is 0. The van der Waals surface area contributed by atoms with Crippen LogP contribution in [0.5, 0.6) is 0 Å². The van der Waals surface area contributed by atoms with Crippen molar-refractivity contribution < 1.29 is 9.59 Å². The molecule has 2 fully saturated rings. The van der Waals surface area contributed by atoms with Gasteiger partial charge in [0.25, 0.3) is 0 Å². The van der Waals surface area contributed by atoms with Crippen LogP contribution < -0.4 is 5.73 Å². The Morgan fingerprint density at radius 1 is 1.05 bits per heavy atom. The van der Waals surface area contributed by atoms with Crippen LogP contribution in [-0.2, 0) is 9.59 Å². The first kappa shape index (κ1) is 14.3. The number of carbonyl (C=O) groups excluding carboxylic acids is 2. The lowest BCUT2D eigenvalue weighted by Crippen LogP contribution is -2.43. The minimum atomic E-state index is -0.390. The monoisotopic (exact) mass is 267 g/mol. The van der Waals surface area contributed by atoms with Gasteiger partial charge in [0.05, 0.1) is 0 Å². The maximum atomic E-state index is 12.0. The largest absolute Gasteiger partial charge is 0.370 e. The van der Waals surface area contributed by atoms with Crippen LogP contribution in [0.1, 0.15) is 38.5 Å². The fourth-order valence-electron chi connectivity index (χ4n) is 3.16. The molecule has 2 N–H and O–H groups in total. The summed E-state index contributed by atoms with van der Waals surface area (Å²) in [5.41, 5.74) is 5.09. The lowest BCUT2D eigenvalue weighted by atomic mass is 9.97. The summed E-state index contributed by atoms with van der Waals surface area (Å²) in [6.45, 7) is 5.25. The van der Waals surface area contributed by atoms with Crippen LogP contribution in [0.3, 0.4) is 0 Å². The average Bonchev–Trinajstić information content (AvgIpc) is 2.89. The number of hydrogen-bond donors (Lipinski definition) is 1. The predicted molar refractivity (Wildman–Crippen MR) is 73.4 cm³/mol. The molecule has 5 heteroatoms. The van der Waals surface area contributed by atoms with E-state index in [2.05, 4.69) is 4.90 Å². The highest BCUT2D eigenvalue weighted by molar-refractivity contribution is 5.82. The van der Waals surface area contributed by atoms with E-state index in [1.54, 1.807) is 0 Å². The van der Waals surface area contributed by atoms with Crippen molar-refractivity contribution in [3.8, 4) is 0 Å². The molecule has 0 unspecified atom stereocenters. The van der Waals surface area contributed by atoms with E-state index in [1.807, 2.05) is 4.90 Å². The normalized spacial score (nSPS) is 24.6. The molecule has 19 heavy (non-hydrogen) atoms. The summed E-state index contributed by atoms with van der Waals surface area (Å²) in [5, 5.41) is 0. The van der Waals surface area contributed by atoms with Gasteiger partial charge in [-0.3, -0.25) is 9.59 Å². The first-order valence-electron chi connectivity index (χ1n) is 7.43. The zero-order valence-corrected chi connectivity index (χ0v) is 11.6. The fourth-order valence-corrected chi connectivity index (χ4v) is 3.16. The highest BCUT2D eigenvalue weighted by Crippen LogP contribution is 2.20. The third kappa shape index (κ3) is 4.49. The van der Waals surface area contributed by atoms with Gasteiger partial charge < -0.3 is 15.5 Å². The summed E-state index contributed by atoms with van der Waals surface area (Å²) in [5.74, 6) is 0.299. The van der Waals surface area contributed by atoms with Crippen LogP contribution in [0.4, 0.5) is 0 Å². The maximum Gasteiger partial charge on any atom is 0.223 e. The van der Waals surface area contributed by atoms with E-state index in [4.69, 9.17) is 5.73 Å². The Hall–Kier alpha value is -1.10. The molecule has 2 heterocycles. The summed E-state index contributed by atoms with van der Waals surface area (Å²) >= 11 is 0. The van der Waals surface area contributed by atoms with Crippen molar-refractivity contribution in [1.82, 2.24) is 9.80 Å². The molecule has 2 amide bonds. The Balaban J connectivity index is 1.75. The SMILES string of the molecule is NC(=O)CCC(=O)N1CCC[C@@H](CN2CCCC2)C1. The highest BCUT2D eigenvalue weighted by Gasteiger charge is 2.25. The molecule has 2 rings (SSSR count). The minimum Gasteiger partial charge on any atom is -0.370 e. The van der Waals surface area contributed by atoms with Crippen molar-refractivity contribution in [2.24, 2.45) is 11.7 Å². The first-order valence-corrected chi connectivity index (χ1v) is 7.43. The first-order chi connectivity index (χ1) is 9.15. The van der Waals surface area contributed by atoms with Gasteiger partial charge in [-0.25, -0.2) is 0 Å². The lowest BCUT2D eigenvalue weighted by molar-refractivity contribution is -0.134. The molecule has 0 aromatic carbocycles. The lowest BCUT2D eigenvalue weighted by Gasteiger charge is -2.34. The van der Waals surface area contributed by atoms with Crippen molar-refractivity contribution in [2.75, 3.05) is 32.7 Å². The Morgan fingerprint density at radius 2 is 1.79 bits per heavy atom. The second-order valence-electron chi connectivity index (χ2n) is 5.82. The second kappa shape index (κ2) is 6.89. The number of carbonyl (C=O) groups is 2. The van der Waals surface area contributed by atoms with E-state index < -0.39 is 0 Å². The number of rotatable bonds is 5. The van der Waals surface area contributed by atoms with E-state index in [0.29, 0.717) is 5.92 Å². The highest BCUT2D eigenvalue weighted by atomic mass is 16.2. The predicted octanol–water partition coefficient (Wildman–Crippen LogP) is 0.586. The van der Waals surface area contributed by atoms with Crippen LogP contribution >= 0.6 is 0 Å². The number of primary amides is 1. The Bertz CT molecular complexity index is 327. The van der Waals surface area contributed by atoms with Crippen LogP contribution in [0.15, 0.2) is 0 Å². The molecular formula is C14H25N3O2. The van der Waals surface area contributed by atoms with Crippen molar-refractivity contribution in [2.45, 2.75) is 38.5 Å². The molecule has 2 saturated heterocycles. The Labute approximate surface area is 115 Å². The van der Waals surface area contributed by atoms with Gasteiger partial charge in [-0.05, 0) is 44.7 Å². The molecule has 0 aliphatic carbocycles. The third-order valence-corrected chi connectivity index (χ3v) is 4.17. The molecule has 0 aromatic rings. The van der Waals surface area contributed by atoms with Gasteiger partial charge in [-0.15, -0.1) is 0 Å². The number of piperidine rings is 1. The van der Waals surface area contributed by atoms with E-state index in [-0.39, 0.29) is 24.7 Å². The van der Waals surface area contributed by atoms with Crippen LogP contribution in [0.25, 0.3) is 0 Å². The van der Waals surface area contributed by atoms with Crippen molar-refractivity contribution in [1.29, 1.82) is 0 Å². The van der Waals surface area contributed by atoms with Gasteiger partial charge in [0, 0.05) is 32.5 Å². The molecule has 2 aliphatic rings. The molecule has 5 nitrogen and oxygen atoms in total. The fraction of sp³-hybridized carbons (Fsp3) is 0.857. The van der Waals surface area contributed by atoms with Crippen molar-refractivity contribution >= 4 is 11.8 Å². The second-order valence-corrected chi connectivity index (χ2v) is 5.82. The third-order valence-electron chi connectivity index (χ3n) is 4.17.